The SMILES string of the molecule is CC(C)(C)[C@@H]1Cc2c(cc(-c3cn[nH]c3)c3ccsc23)-c2cc(=O)c(C(=O)O)cn21. The predicted octanol–water partition coefficient (Wildman–Crippen LogP) is 4.96. The molecule has 6 nitrogen and oxygen atoms in total. The minimum Gasteiger partial charge on any atom is -0.477 e. The van der Waals surface area contributed by atoms with E-state index in [9.17, 15) is 14.7 Å². The van der Waals surface area contributed by atoms with E-state index in [1.165, 1.54) is 27.9 Å². The van der Waals surface area contributed by atoms with Crippen molar-refractivity contribution >= 4 is 27.4 Å². The maximum atomic E-state index is 12.6. The van der Waals surface area contributed by atoms with Crippen LogP contribution in [0.5, 0.6) is 0 Å². The van der Waals surface area contributed by atoms with E-state index in [-0.39, 0.29) is 17.0 Å². The molecule has 1 aliphatic heterocycles. The number of nitrogens with zero attached hydrogens (tertiary/aromatic N) is 2. The van der Waals surface area contributed by atoms with Crippen LogP contribution in [-0.4, -0.2) is 25.8 Å². The summed E-state index contributed by atoms with van der Waals surface area (Å²) in [4.78, 5) is 24.3. The van der Waals surface area contributed by atoms with Crippen molar-refractivity contribution in [2.45, 2.75) is 33.2 Å². The van der Waals surface area contributed by atoms with Crippen molar-refractivity contribution in [3.8, 4) is 22.4 Å². The number of benzene rings is 1. The summed E-state index contributed by atoms with van der Waals surface area (Å²) in [6, 6.07) is 5.76. The zero-order valence-electron chi connectivity index (χ0n) is 16.9. The summed E-state index contributed by atoms with van der Waals surface area (Å²) in [5, 5.41) is 19.7. The van der Waals surface area contributed by atoms with Crippen LogP contribution >= 0.6 is 11.3 Å². The van der Waals surface area contributed by atoms with Crippen LogP contribution < -0.4 is 5.43 Å². The molecule has 0 amide bonds. The third-order valence-electron chi connectivity index (χ3n) is 5.97. The number of carboxylic acids is 1. The number of carboxylic acid groups (broad SMARTS) is 1. The number of aromatic carboxylic acids is 1. The highest BCUT2D eigenvalue weighted by molar-refractivity contribution is 7.17. The lowest BCUT2D eigenvalue weighted by molar-refractivity contribution is 0.0693. The third kappa shape index (κ3) is 2.73. The van der Waals surface area contributed by atoms with Gasteiger partial charge in [-0.25, -0.2) is 4.79 Å². The average Bonchev–Trinajstić information content (AvgIpc) is 3.37. The Morgan fingerprint density at radius 2 is 2.10 bits per heavy atom. The lowest BCUT2D eigenvalue weighted by Gasteiger charge is -2.39. The molecule has 4 heterocycles. The predicted molar refractivity (Wildman–Crippen MR) is 118 cm³/mol. The van der Waals surface area contributed by atoms with E-state index >= 15 is 0 Å². The Bertz CT molecular complexity index is 1360. The van der Waals surface area contributed by atoms with Gasteiger partial charge in [0.2, 0.25) is 0 Å². The van der Waals surface area contributed by atoms with Crippen molar-refractivity contribution in [2.24, 2.45) is 5.41 Å². The quantitative estimate of drug-likeness (QED) is 0.481. The second-order valence-corrected chi connectivity index (χ2v) is 9.75. The summed E-state index contributed by atoms with van der Waals surface area (Å²) in [5.41, 5.74) is 4.22. The molecule has 5 rings (SSSR count). The first-order valence-electron chi connectivity index (χ1n) is 9.78. The smallest absolute Gasteiger partial charge is 0.341 e. The summed E-state index contributed by atoms with van der Waals surface area (Å²) in [6.07, 6.45) is 5.95. The van der Waals surface area contributed by atoms with Crippen LogP contribution in [0.25, 0.3) is 32.5 Å². The van der Waals surface area contributed by atoms with E-state index in [1.54, 1.807) is 17.5 Å². The first-order valence-corrected chi connectivity index (χ1v) is 10.7. The second kappa shape index (κ2) is 6.40. The van der Waals surface area contributed by atoms with E-state index in [0.29, 0.717) is 0 Å². The zero-order valence-corrected chi connectivity index (χ0v) is 17.7. The van der Waals surface area contributed by atoms with E-state index in [4.69, 9.17) is 0 Å². The van der Waals surface area contributed by atoms with Crippen molar-refractivity contribution < 1.29 is 9.90 Å². The molecule has 4 aromatic rings. The fourth-order valence-corrected chi connectivity index (χ4v) is 5.43. The highest BCUT2D eigenvalue weighted by Crippen LogP contribution is 2.47. The molecular formula is C23H21N3O3S. The molecule has 0 saturated heterocycles. The number of H-pyrrole nitrogens is 1. The highest BCUT2D eigenvalue weighted by atomic mass is 32.1. The fourth-order valence-electron chi connectivity index (χ4n) is 4.45. The Balaban J connectivity index is 1.88. The van der Waals surface area contributed by atoms with Crippen LogP contribution in [-0.2, 0) is 6.42 Å². The minimum absolute atomic E-state index is 0.0313. The Morgan fingerprint density at radius 1 is 1.30 bits per heavy atom. The van der Waals surface area contributed by atoms with Gasteiger partial charge in [-0.05, 0) is 40.5 Å². The number of carbonyl (C=O) groups is 1. The molecule has 1 aliphatic rings. The molecule has 2 N–H and O–H groups in total. The maximum Gasteiger partial charge on any atom is 0.341 e. The molecular weight excluding hydrogens is 398 g/mol. The maximum absolute atomic E-state index is 12.6. The van der Waals surface area contributed by atoms with E-state index in [1.807, 2.05) is 10.8 Å². The normalized spacial score (nSPS) is 15.8. The van der Waals surface area contributed by atoms with Crippen molar-refractivity contribution in [1.82, 2.24) is 14.8 Å². The van der Waals surface area contributed by atoms with Crippen LogP contribution in [0, 0.1) is 5.41 Å². The van der Waals surface area contributed by atoms with Crippen LogP contribution in [0.4, 0.5) is 0 Å². The molecule has 7 heteroatoms. The molecule has 0 radical (unpaired) electrons. The van der Waals surface area contributed by atoms with Crippen LogP contribution in [0.1, 0.15) is 42.7 Å². The number of aromatic amines is 1. The average molecular weight is 420 g/mol. The number of aromatic nitrogens is 3. The van der Waals surface area contributed by atoms with E-state index < -0.39 is 11.4 Å². The Kier molecular flexibility index (Phi) is 4.02. The molecule has 1 atom stereocenters. The molecule has 0 unspecified atom stereocenters. The van der Waals surface area contributed by atoms with Gasteiger partial charge in [0.25, 0.3) is 0 Å². The molecule has 152 valence electrons. The lowest BCUT2D eigenvalue weighted by atomic mass is 9.78. The van der Waals surface area contributed by atoms with Crippen LogP contribution in [0.15, 0.2) is 47.0 Å². The van der Waals surface area contributed by atoms with Crippen molar-refractivity contribution in [1.29, 1.82) is 0 Å². The highest BCUT2D eigenvalue weighted by Gasteiger charge is 2.35. The van der Waals surface area contributed by atoms with Gasteiger partial charge in [0, 0.05) is 45.7 Å². The van der Waals surface area contributed by atoms with Gasteiger partial charge in [0.05, 0.1) is 11.9 Å². The van der Waals surface area contributed by atoms with Crippen LogP contribution in [0.3, 0.4) is 0 Å². The van der Waals surface area contributed by atoms with Gasteiger partial charge in [-0.2, -0.15) is 5.10 Å². The van der Waals surface area contributed by atoms with Crippen molar-refractivity contribution in [3.63, 3.8) is 0 Å². The first kappa shape index (κ1) is 18.8. The summed E-state index contributed by atoms with van der Waals surface area (Å²) in [7, 11) is 0. The molecule has 0 spiro atoms. The monoisotopic (exact) mass is 419 g/mol. The second-order valence-electron chi connectivity index (χ2n) is 8.84. The van der Waals surface area contributed by atoms with Gasteiger partial charge in [0.1, 0.15) is 5.56 Å². The topological polar surface area (TPSA) is 88.0 Å². The number of hydrogen-bond donors (Lipinski definition) is 2. The summed E-state index contributed by atoms with van der Waals surface area (Å²) >= 11 is 1.70. The number of hydrogen-bond acceptors (Lipinski definition) is 4. The summed E-state index contributed by atoms with van der Waals surface area (Å²) < 4.78 is 3.20. The standard InChI is InChI=1S/C23H21N3O3S/c1-23(2,3)20-7-16-15(18-8-19(27)17(22(28)29)11-26(18)20)6-14(12-9-24-25-10-12)13-4-5-30-21(13)16/h4-6,8-11,20H,7H2,1-3H3,(H,24,25)(H,28,29)/t20-/m0/s1. The number of nitrogens with one attached hydrogen (secondary N) is 1. The Hall–Kier alpha value is -3.19. The summed E-state index contributed by atoms with van der Waals surface area (Å²) in [6.45, 7) is 6.45. The van der Waals surface area contributed by atoms with E-state index in [0.717, 1.165) is 28.8 Å². The Morgan fingerprint density at radius 3 is 2.77 bits per heavy atom. The molecule has 3 aromatic heterocycles. The third-order valence-corrected chi connectivity index (χ3v) is 6.95. The van der Waals surface area contributed by atoms with Gasteiger partial charge < -0.3 is 9.67 Å². The number of thiophene rings is 1. The molecule has 0 fully saturated rings. The van der Waals surface area contributed by atoms with Gasteiger partial charge in [-0.15, -0.1) is 11.3 Å². The van der Waals surface area contributed by atoms with Gasteiger partial charge >= 0.3 is 5.97 Å². The molecule has 30 heavy (non-hydrogen) atoms. The number of fused-ring (bicyclic) bond motifs is 5. The van der Waals surface area contributed by atoms with Crippen molar-refractivity contribution in [3.05, 3.63) is 63.5 Å². The molecule has 0 bridgehead atoms. The Labute approximate surface area is 176 Å². The van der Waals surface area contributed by atoms with Gasteiger partial charge in [-0.1, -0.05) is 20.8 Å². The summed E-state index contributed by atoms with van der Waals surface area (Å²) in [5.74, 6) is -1.19. The van der Waals surface area contributed by atoms with E-state index in [2.05, 4.69) is 48.5 Å². The van der Waals surface area contributed by atoms with Crippen LogP contribution in [0.2, 0.25) is 0 Å². The van der Waals surface area contributed by atoms with Gasteiger partial charge in [-0.3, -0.25) is 9.89 Å². The molecule has 0 saturated carbocycles. The van der Waals surface area contributed by atoms with Gasteiger partial charge in [0.15, 0.2) is 5.43 Å². The largest absolute Gasteiger partial charge is 0.477 e. The first-order chi connectivity index (χ1) is 14.3. The molecule has 0 aliphatic carbocycles. The number of pyridine rings is 1. The molecule has 1 aromatic carbocycles. The zero-order chi connectivity index (χ0) is 21.2. The lowest BCUT2D eigenvalue weighted by Crippen LogP contribution is -2.32. The number of rotatable bonds is 2. The fraction of sp³-hybridized carbons (Fsp3) is 0.261. The van der Waals surface area contributed by atoms with Crippen molar-refractivity contribution in [2.75, 3.05) is 0 Å². The minimum atomic E-state index is -1.19.